The normalized spacial score (nSPS) is 18.3. The second-order valence-electron chi connectivity index (χ2n) is 6.31. The van der Waals surface area contributed by atoms with E-state index in [0.29, 0.717) is 17.8 Å². The smallest absolute Gasteiger partial charge is 0.228 e. The van der Waals surface area contributed by atoms with Gasteiger partial charge in [0, 0.05) is 17.3 Å². The van der Waals surface area contributed by atoms with E-state index in [-0.39, 0.29) is 29.5 Å². The van der Waals surface area contributed by atoms with Gasteiger partial charge in [0.25, 0.3) is 0 Å². The molecule has 1 aliphatic carbocycles. The summed E-state index contributed by atoms with van der Waals surface area (Å²) in [5.41, 5.74) is 1.87. The van der Waals surface area contributed by atoms with Crippen molar-refractivity contribution in [3.8, 4) is 0 Å². The van der Waals surface area contributed by atoms with Crippen molar-refractivity contribution >= 4 is 34.1 Å². The Morgan fingerprint density at radius 2 is 1.62 bits per heavy atom. The van der Waals surface area contributed by atoms with E-state index >= 15 is 0 Å². The van der Waals surface area contributed by atoms with Crippen molar-refractivity contribution in [2.24, 2.45) is 11.8 Å². The van der Waals surface area contributed by atoms with Crippen LogP contribution in [0.2, 0.25) is 0 Å². The maximum Gasteiger partial charge on any atom is 0.228 e. The Labute approximate surface area is 149 Å². The molecule has 1 fully saturated rings. The van der Waals surface area contributed by atoms with Gasteiger partial charge in [-0.05, 0) is 42.8 Å². The first-order chi connectivity index (χ1) is 12.6. The van der Waals surface area contributed by atoms with Crippen molar-refractivity contribution in [3.05, 3.63) is 66.6 Å². The molecule has 3 aromatic rings. The molecule has 4 rings (SSSR count). The molecule has 0 aliphatic heterocycles. The molecular formula is C20H16FN3O2. The number of benzene rings is 2. The van der Waals surface area contributed by atoms with Crippen molar-refractivity contribution < 1.29 is 14.0 Å². The first kappa shape index (κ1) is 16.2. The average molecular weight is 349 g/mol. The molecule has 2 atom stereocenters. The van der Waals surface area contributed by atoms with Crippen molar-refractivity contribution in [2.75, 3.05) is 10.6 Å². The maximum atomic E-state index is 12.9. The van der Waals surface area contributed by atoms with Gasteiger partial charge in [-0.3, -0.25) is 14.6 Å². The zero-order valence-electron chi connectivity index (χ0n) is 13.8. The lowest BCUT2D eigenvalue weighted by molar-refractivity contribution is -0.122. The van der Waals surface area contributed by atoms with Crippen LogP contribution in [0.1, 0.15) is 6.42 Å². The molecule has 26 heavy (non-hydrogen) atoms. The van der Waals surface area contributed by atoms with Gasteiger partial charge in [-0.2, -0.15) is 0 Å². The topological polar surface area (TPSA) is 71.1 Å². The van der Waals surface area contributed by atoms with Gasteiger partial charge < -0.3 is 10.6 Å². The number of anilines is 2. The Hall–Kier alpha value is -3.28. The van der Waals surface area contributed by atoms with Gasteiger partial charge in [-0.25, -0.2) is 4.39 Å². The van der Waals surface area contributed by atoms with E-state index < -0.39 is 0 Å². The molecule has 5 nitrogen and oxygen atoms in total. The van der Waals surface area contributed by atoms with Crippen LogP contribution in [0.3, 0.4) is 0 Å². The molecule has 2 aromatic carbocycles. The van der Waals surface area contributed by atoms with Crippen LogP contribution in [0.4, 0.5) is 15.8 Å². The molecule has 130 valence electrons. The van der Waals surface area contributed by atoms with Gasteiger partial charge in [0.15, 0.2) is 0 Å². The van der Waals surface area contributed by atoms with E-state index in [2.05, 4.69) is 15.6 Å². The van der Waals surface area contributed by atoms with Crippen LogP contribution < -0.4 is 10.6 Å². The van der Waals surface area contributed by atoms with E-state index in [1.54, 1.807) is 12.3 Å². The monoisotopic (exact) mass is 349 g/mol. The SMILES string of the molecule is O=C(Nc1ccc(F)cc1)C1CC1C(=O)Nc1cccc2cccnc12. The molecule has 2 N–H and O–H groups in total. The lowest BCUT2D eigenvalue weighted by atomic mass is 10.2. The van der Waals surface area contributed by atoms with Gasteiger partial charge in [0.1, 0.15) is 5.82 Å². The summed E-state index contributed by atoms with van der Waals surface area (Å²) in [6.07, 6.45) is 2.17. The highest BCUT2D eigenvalue weighted by atomic mass is 19.1. The molecule has 6 heteroatoms. The van der Waals surface area contributed by atoms with Crippen LogP contribution in [0.5, 0.6) is 0 Å². The number of carbonyl (C=O) groups excluding carboxylic acids is 2. The summed E-state index contributed by atoms with van der Waals surface area (Å²) in [5, 5.41) is 6.52. The van der Waals surface area contributed by atoms with Crippen LogP contribution in [0.25, 0.3) is 10.9 Å². The van der Waals surface area contributed by atoms with Crippen LogP contribution >= 0.6 is 0 Å². The molecule has 0 bridgehead atoms. The van der Waals surface area contributed by atoms with Gasteiger partial charge in [-0.15, -0.1) is 0 Å². The zero-order valence-corrected chi connectivity index (χ0v) is 13.8. The van der Waals surface area contributed by atoms with Crippen molar-refractivity contribution in [2.45, 2.75) is 6.42 Å². The number of halogens is 1. The average Bonchev–Trinajstić information content (AvgIpc) is 3.45. The summed E-state index contributed by atoms with van der Waals surface area (Å²) in [5.74, 6) is -1.53. The first-order valence-electron chi connectivity index (χ1n) is 8.33. The van der Waals surface area contributed by atoms with E-state index in [4.69, 9.17) is 0 Å². The third-order valence-electron chi connectivity index (χ3n) is 4.47. The lowest BCUT2D eigenvalue weighted by Crippen LogP contribution is -2.20. The number of nitrogens with zero attached hydrogens (tertiary/aromatic N) is 1. The third kappa shape index (κ3) is 3.26. The van der Waals surface area contributed by atoms with Crippen molar-refractivity contribution in [3.63, 3.8) is 0 Å². The van der Waals surface area contributed by atoms with Crippen LogP contribution in [-0.4, -0.2) is 16.8 Å². The molecule has 0 radical (unpaired) electrons. The number of hydrogen-bond acceptors (Lipinski definition) is 3. The number of aromatic nitrogens is 1. The molecule has 0 saturated heterocycles. The third-order valence-corrected chi connectivity index (χ3v) is 4.47. The molecule has 1 aromatic heterocycles. The Morgan fingerprint density at radius 1 is 0.923 bits per heavy atom. The fourth-order valence-corrected chi connectivity index (χ4v) is 2.97. The highest BCUT2D eigenvalue weighted by Gasteiger charge is 2.48. The van der Waals surface area contributed by atoms with Crippen molar-refractivity contribution in [1.82, 2.24) is 4.98 Å². The molecular weight excluding hydrogens is 333 g/mol. The van der Waals surface area contributed by atoms with Gasteiger partial charge in [-0.1, -0.05) is 18.2 Å². The largest absolute Gasteiger partial charge is 0.326 e. The maximum absolute atomic E-state index is 12.9. The minimum atomic E-state index is -0.372. The van der Waals surface area contributed by atoms with Gasteiger partial charge in [0.2, 0.25) is 11.8 Å². The van der Waals surface area contributed by atoms with E-state index in [1.165, 1.54) is 24.3 Å². The Morgan fingerprint density at radius 3 is 2.38 bits per heavy atom. The number of rotatable bonds is 4. The first-order valence-corrected chi connectivity index (χ1v) is 8.33. The van der Waals surface area contributed by atoms with Crippen LogP contribution in [0.15, 0.2) is 60.8 Å². The summed E-state index contributed by atoms with van der Waals surface area (Å²) < 4.78 is 12.9. The molecule has 1 aliphatic rings. The second-order valence-corrected chi connectivity index (χ2v) is 6.31. The molecule has 2 amide bonds. The van der Waals surface area contributed by atoms with Gasteiger partial charge in [0.05, 0.1) is 23.0 Å². The highest BCUT2D eigenvalue weighted by molar-refractivity contribution is 6.06. The van der Waals surface area contributed by atoms with Crippen LogP contribution in [-0.2, 0) is 9.59 Å². The summed E-state index contributed by atoms with van der Waals surface area (Å²) in [7, 11) is 0. The second kappa shape index (κ2) is 6.55. The zero-order chi connectivity index (χ0) is 18.1. The molecule has 1 heterocycles. The summed E-state index contributed by atoms with van der Waals surface area (Å²) >= 11 is 0. The summed E-state index contributed by atoms with van der Waals surface area (Å²) in [4.78, 5) is 29.0. The quantitative estimate of drug-likeness (QED) is 0.756. The fraction of sp³-hybridized carbons (Fsp3) is 0.150. The predicted octanol–water partition coefficient (Wildman–Crippen LogP) is 3.59. The minimum absolute atomic E-state index is 0.192. The summed E-state index contributed by atoms with van der Waals surface area (Å²) in [6.45, 7) is 0. The number of fused-ring (bicyclic) bond motifs is 1. The molecule has 2 unspecified atom stereocenters. The Balaban J connectivity index is 1.40. The van der Waals surface area contributed by atoms with E-state index in [0.717, 1.165) is 10.9 Å². The summed E-state index contributed by atoms with van der Waals surface area (Å²) in [6, 6.07) is 14.9. The Bertz CT molecular complexity index is 983. The van der Waals surface area contributed by atoms with Gasteiger partial charge >= 0.3 is 0 Å². The predicted molar refractivity (Wildman–Crippen MR) is 97.0 cm³/mol. The van der Waals surface area contributed by atoms with Crippen molar-refractivity contribution in [1.29, 1.82) is 0 Å². The number of amides is 2. The number of para-hydroxylation sites is 1. The number of pyridine rings is 1. The minimum Gasteiger partial charge on any atom is -0.326 e. The highest BCUT2D eigenvalue weighted by Crippen LogP contribution is 2.40. The molecule has 1 saturated carbocycles. The molecule has 0 spiro atoms. The van der Waals surface area contributed by atoms with E-state index in [1.807, 2.05) is 24.3 Å². The van der Waals surface area contributed by atoms with E-state index in [9.17, 15) is 14.0 Å². The van der Waals surface area contributed by atoms with Crippen LogP contribution in [0, 0.1) is 17.7 Å². The fourth-order valence-electron chi connectivity index (χ4n) is 2.97. The lowest BCUT2D eigenvalue weighted by Gasteiger charge is -2.08. The standard InChI is InChI=1S/C20H16FN3O2/c21-13-6-8-14(9-7-13)23-19(25)15-11-16(15)20(26)24-17-5-1-3-12-4-2-10-22-18(12)17/h1-10,15-16H,11H2,(H,23,25)(H,24,26). The number of carbonyl (C=O) groups is 2. The Kier molecular flexibility index (Phi) is 4.08. The number of nitrogens with one attached hydrogen (secondary N) is 2. The number of hydrogen-bond donors (Lipinski definition) is 2.